The fourth-order valence-electron chi connectivity index (χ4n) is 4.12. The van der Waals surface area contributed by atoms with Crippen molar-refractivity contribution in [1.29, 1.82) is 0 Å². The summed E-state index contributed by atoms with van der Waals surface area (Å²) in [5.41, 5.74) is 5.09. The van der Waals surface area contributed by atoms with E-state index in [4.69, 9.17) is 0 Å². The average molecular weight is 376 g/mol. The molecule has 8 heteroatoms. The molecule has 2 N–H and O–H groups in total. The number of hydrogen-bond acceptors (Lipinski definition) is 6. The van der Waals surface area contributed by atoms with Gasteiger partial charge in [0.15, 0.2) is 0 Å². The second-order valence-electron chi connectivity index (χ2n) is 7.54. The molecule has 0 saturated heterocycles. The van der Waals surface area contributed by atoms with E-state index in [0.717, 1.165) is 40.5 Å². The molecular formula is C20H24N8. The second kappa shape index (κ2) is 6.87. The summed E-state index contributed by atoms with van der Waals surface area (Å²) < 4.78 is 3.69. The van der Waals surface area contributed by atoms with Crippen molar-refractivity contribution in [3.05, 3.63) is 36.7 Å². The molecule has 3 heterocycles. The highest BCUT2D eigenvalue weighted by Crippen LogP contribution is 2.28. The van der Waals surface area contributed by atoms with E-state index in [0.29, 0.717) is 18.0 Å². The molecule has 144 valence electrons. The minimum absolute atomic E-state index is 0.442. The van der Waals surface area contributed by atoms with Crippen LogP contribution in [0.5, 0.6) is 0 Å². The van der Waals surface area contributed by atoms with Crippen LogP contribution < -0.4 is 10.6 Å². The van der Waals surface area contributed by atoms with Gasteiger partial charge in [-0.1, -0.05) is 11.3 Å². The van der Waals surface area contributed by atoms with Gasteiger partial charge in [-0.15, -0.1) is 10.2 Å². The van der Waals surface area contributed by atoms with Crippen molar-refractivity contribution in [3.8, 4) is 11.1 Å². The molecule has 28 heavy (non-hydrogen) atoms. The van der Waals surface area contributed by atoms with Crippen LogP contribution in [0.15, 0.2) is 36.7 Å². The molecule has 1 aromatic carbocycles. The molecule has 1 aliphatic carbocycles. The van der Waals surface area contributed by atoms with Gasteiger partial charge in [0.25, 0.3) is 0 Å². The molecule has 5 rings (SSSR count). The smallest absolute Gasteiger partial charge is 0.241 e. The summed E-state index contributed by atoms with van der Waals surface area (Å²) in [6.45, 7) is 0. The van der Waals surface area contributed by atoms with Crippen LogP contribution in [0.2, 0.25) is 0 Å². The van der Waals surface area contributed by atoms with Crippen LogP contribution in [-0.2, 0) is 7.05 Å². The highest BCUT2D eigenvalue weighted by Gasteiger charge is 2.20. The van der Waals surface area contributed by atoms with Crippen LogP contribution in [0.3, 0.4) is 0 Å². The third-order valence-corrected chi connectivity index (χ3v) is 5.81. The molecule has 0 aliphatic heterocycles. The molecule has 0 amide bonds. The summed E-state index contributed by atoms with van der Waals surface area (Å²) in [5, 5.41) is 19.8. The number of benzene rings is 1. The summed E-state index contributed by atoms with van der Waals surface area (Å²) in [7, 11) is 3.95. The predicted molar refractivity (Wildman–Crippen MR) is 109 cm³/mol. The van der Waals surface area contributed by atoms with Gasteiger partial charge < -0.3 is 10.6 Å². The molecule has 1 fully saturated rings. The van der Waals surface area contributed by atoms with Crippen molar-refractivity contribution in [2.75, 3.05) is 12.4 Å². The van der Waals surface area contributed by atoms with Crippen LogP contribution in [0, 0.1) is 0 Å². The molecule has 1 aliphatic rings. The summed E-state index contributed by atoms with van der Waals surface area (Å²) in [5.74, 6) is 0.689. The van der Waals surface area contributed by atoms with Gasteiger partial charge >= 0.3 is 0 Å². The molecule has 0 spiro atoms. The molecule has 4 aromatic rings. The van der Waals surface area contributed by atoms with E-state index in [9.17, 15) is 0 Å². The number of nitrogens with zero attached hydrogens (tertiary/aromatic N) is 6. The van der Waals surface area contributed by atoms with Crippen molar-refractivity contribution >= 4 is 22.5 Å². The zero-order chi connectivity index (χ0) is 19.1. The Morgan fingerprint density at radius 1 is 1.04 bits per heavy atom. The molecule has 0 bridgehead atoms. The molecule has 0 radical (unpaired) electrons. The largest absolute Gasteiger partial charge is 0.350 e. The first-order valence-corrected chi connectivity index (χ1v) is 9.79. The van der Waals surface area contributed by atoms with Crippen LogP contribution in [-0.4, -0.2) is 48.7 Å². The SMILES string of the molecule is CN[C@H]1CC[C@@H](Nc2ncc3c(-c4ccc5nnn(C)c5c4)ccn3n2)CC1. The summed E-state index contributed by atoms with van der Waals surface area (Å²) in [4.78, 5) is 4.58. The lowest BCUT2D eigenvalue weighted by Gasteiger charge is -2.28. The summed E-state index contributed by atoms with van der Waals surface area (Å²) in [6.07, 6.45) is 8.55. The number of nitrogens with one attached hydrogen (secondary N) is 2. The number of fused-ring (bicyclic) bond motifs is 2. The Balaban J connectivity index is 1.41. The molecule has 3 aromatic heterocycles. The molecule has 0 atom stereocenters. The maximum Gasteiger partial charge on any atom is 0.241 e. The number of anilines is 1. The third kappa shape index (κ3) is 2.99. The highest BCUT2D eigenvalue weighted by atomic mass is 15.4. The second-order valence-corrected chi connectivity index (χ2v) is 7.54. The number of hydrogen-bond donors (Lipinski definition) is 2. The van der Waals surface area contributed by atoms with E-state index >= 15 is 0 Å². The lowest BCUT2D eigenvalue weighted by atomic mass is 9.91. The number of aryl methyl sites for hydroxylation is 1. The molecule has 0 unspecified atom stereocenters. The number of aromatic nitrogens is 6. The Kier molecular flexibility index (Phi) is 4.20. The summed E-state index contributed by atoms with van der Waals surface area (Å²) >= 11 is 0. The monoisotopic (exact) mass is 376 g/mol. The van der Waals surface area contributed by atoms with E-state index in [1.807, 2.05) is 37.1 Å². The van der Waals surface area contributed by atoms with Gasteiger partial charge in [0.05, 0.1) is 17.2 Å². The predicted octanol–water partition coefficient (Wildman–Crippen LogP) is 2.62. The number of rotatable bonds is 4. The lowest BCUT2D eigenvalue weighted by Crippen LogP contribution is -2.35. The van der Waals surface area contributed by atoms with Gasteiger partial charge in [-0.25, -0.2) is 14.2 Å². The fraction of sp³-hybridized carbons (Fsp3) is 0.400. The van der Waals surface area contributed by atoms with Crippen molar-refractivity contribution in [2.45, 2.75) is 37.8 Å². The zero-order valence-corrected chi connectivity index (χ0v) is 16.1. The Hall–Kier alpha value is -3.00. The van der Waals surface area contributed by atoms with Gasteiger partial charge in [-0.3, -0.25) is 0 Å². The van der Waals surface area contributed by atoms with Crippen molar-refractivity contribution < 1.29 is 0 Å². The molecule has 1 saturated carbocycles. The Morgan fingerprint density at radius 2 is 1.86 bits per heavy atom. The topological polar surface area (TPSA) is 85.0 Å². The van der Waals surface area contributed by atoms with Gasteiger partial charge in [-0.05, 0) is 56.5 Å². The Morgan fingerprint density at radius 3 is 2.68 bits per heavy atom. The minimum atomic E-state index is 0.442. The van der Waals surface area contributed by atoms with E-state index < -0.39 is 0 Å². The van der Waals surface area contributed by atoms with E-state index in [-0.39, 0.29) is 0 Å². The maximum absolute atomic E-state index is 4.67. The Labute approximate surface area is 163 Å². The van der Waals surface area contributed by atoms with E-state index in [1.54, 1.807) is 4.68 Å². The normalized spacial score (nSPS) is 20.1. The van der Waals surface area contributed by atoms with Gasteiger partial charge in [0, 0.05) is 30.9 Å². The molecular weight excluding hydrogens is 352 g/mol. The minimum Gasteiger partial charge on any atom is -0.350 e. The first kappa shape index (κ1) is 17.1. The van der Waals surface area contributed by atoms with Crippen molar-refractivity contribution in [1.82, 2.24) is 34.9 Å². The maximum atomic E-state index is 4.67. The van der Waals surface area contributed by atoms with E-state index in [2.05, 4.69) is 49.2 Å². The van der Waals surface area contributed by atoms with Crippen molar-refractivity contribution in [2.24, 2.45) is 7.05 Å². The van der Waals surface area contributed by atoms with Crippen LogP contribution in [0.4, 0.5) is 5.95 Å². The lowest BCUT2D eigenvalue weighted by molar-refractivity contribution is 0.370. The highest BCUT2D eigenvalue weighted by molar-refractivity contribution is 5.87. The van der Waals surface area contributed by atoms with Gasteiger partial charge in [-0.2, -0.15) is 0 Å². The fourth-order valence-corrected chi connectivity index (χ4v) is 4.12. The standard InChI is InChI=1S/C20H24N8/c1-21-14-4-6-15(7-5-14)23-20-22-12-19-16(9-10-28(19)25-20)13-3-8-17-18(11-13)27(2)26-24-17/h3,8-12,14-15,21H,4-7H2,1-2H3,(H,23,25)/t14-,15+. The van der Waals surface area contributed by atoms with Crippen LogP contribution in [0.1, 0.15) is 25.7 Å². The van der Waals surface area contributed by atoms with Gasteiger partial charge in [0.1, 0.15) is 5.52 Å². The quantitative estimate of drug-likeness (QED) is 0.570. The van der Waals surface area contributed by atoms with E-state index in [1.165, 1.54) is 12.8 Å². The summed E-state index contributed by atoms with van der Waals surface area (Å²) in [6, 6.07) is 9.34. The average Bonchev–Trinajstić information content (AvgIpc) is 3.32. The van der Waals surface area contributed by atoms with Gasteiger partial charge in [0.2, 0.25) is 5.95 Å². The third-order valence-electron chi connectivity index (χ3n) is 5.81. The van der Waals surface area contributed by atoms with Crippen molar-refractivity contribution in [3.63, 3.8) is 0 Å². The Bertz CT molecular complexity index is 1120. The van der Waals surface area contributed by atoms with Crippen LogP contribution >= 0.6 is 0 Å². The molecule has 8 nitrogen and oxygen atoms in total. The first-order valence-electron chi connectivity index (χ1n) is 9.79. The zero-order valence-electron chi connectivity index (χ0n) is 16.1. The van der Waals surface area contributed by atoms with Crippen LogP contribution in [0.25, 0.3) is 27.7 Å². The first-order chi connectivity index (χ1) is 13.7.